The van der Waals surface area contributed by atoms with Crippen molar-refractivity contribution >= 4 is 40.0 Å². The maximum Gasteiger partial charge on any atom is 0.339 e. The molecule has 0 aliphatic rings. The monoisotopic (exact) mass is 370 g/mol. The number of esters is 1. The Balaban J connectivity index is 0.00000441. The fourth-order valence-corrected chi connectivity index (χ4v) is 2.98. The van der Waals surface area contributed by atoms with Gasteiger partial charge in [0.1, 0.15) is 0 Å². The fourth-order valence-electron chi connectivity index (χ4n) is 1.60. The number of benzene rings is 1. The minimum Gasteiger partial charge on any atom is -0.465 e. The molecular formula is C13H20Cl2N2O4S. The van der Waals surface area contributed by atoms with Crippen molar-refractivity contribution in [2.24, 2.45) is 0 Å². The molecule has 0 spiro atoms. The molecule has 22 heavy (non-hydrogen) atoms. The summed E-state index contributed by atoms with van der Waals surface area (Å²) in [5.41, 5.74) is 0.128. The van der Waals surface area contributed by atoms with Gasteiger partial charge in [-0.15, -0.1) is 12.4 Å². The van der Waals surface area contributed by atoms with E-state index in [0.29, 0.717) is 6.54 Å². The second kappa shape index (κ2) is 10.0. The van der Waals surface area contributed by atoms with Crippen molar-refractivity contribution in [2.45, 2.75) is 18.2 Å². The van der Waals surface area contributed by atoms with E-state index in [4.69, 9.17) is 11.6 Å². The first kappa shape index (κ1) is 21.1. The van der Waals surface area contributed by atoms with Gasteiger partial charge in [-0.1, -0.05) is 18.5 Å². The van der Waals surface area contributed by atoms with Crippen LogP contribution >= 0.6 is 24.0 Å². The molecule has 1 aromatic rings. The Morgan fingerprint density at radius 2 is 1.95 bits per heavy atom. The predicted molar refractivity (Wildman–Crippen MR) is 88.4 cm³/mol. The van der Waals surface area contributed by atoms with Crippen molar-refractivity contribution in [2.75, 3.05) is 26.7 Å². The van der Waals surface area contributed by atoms with Crippen LogP contribution in [0, 0.1) is 0 Å². The molecule has 0 aliphatic carbocycles. The van der Waals surface area contributed by atoms with Crippen molar-refractivity contribution in [1.29, 1.82) is 0 Å². The first-order chi connectivity index (χ1) is 9.92. The van der Waals surface area contributed by atoms with E-state index in [0.717, 1.165) is 13.0 Å². The molecule has 0 aliphatic heterocycles. The van der Waals surface area contributed by atoms with Gasteiger partial charge in [0.25, 0.3) is 0 Å². The number of carbonyl (C=O) groups excluding carboxylic acids is 1. The van der Waals surface area contributed by atoms with Crippen LogP contribution in [0.15, 0.2) is 23.1 Å². The van der Waals surface area contributed by atoms with E-state index < -0.39 is 16.0 Å². The summed E-state index contributed by atoms with van der Waals surface area (Å²) >= 11 is 5.91. The van der Waals surface area contributed by atoms with Gasteiger partial charge in [0.05, 0.1) is 22.6 Å². The summed E-state index contributed by atoms with van der Waals surface area (Å²) in [7, 11) is -2.42. The third kappa shape index (κ3) is 6.10. The van der Waals surface area contributed by atoms with Crippen LogP contribution in [0.2, 0.25) is 5.02 Å². The summed E-state index contributed by atoms with van der Waals surface area (Å²) in [4.78, 5) is 11.4. The van der Waals surface area contributed by atoms with E-state index in [1.165, 1.54) is 25.3 Å². The fraction of sp³-hybridized carbons (Fsp3) is 0.462. The second-order valence-corrected chi connectivity index (χ2v) is 6.46. The molecule has 0 bridgehead atoms. The van der Waals surface area contributed by atoms with Crippen molar-refractivity contribution in [3.05, 3.63) is 28.8 Å². The van der Waals surface area contributed by atoms with Crippen LogP contribution in [0.5, 0.6) is 0 Å². The van der Waals surface area contributed by atoms with E-state index >= 15 is 0 Å². The smallest absolute Gasteiger partial charge is 0.339 e. The van der Waals surface area contributed by atoms with E-state index in [1.807, 2.05) is 6.92 Å². The molecule has 6 nitrogen and oxygen atoms in total. The second-order valence-electron chi connectivity index (χ2n) is 4.28. The highest BCUT2D eigenvalue weighted by Crippen LogP contribution is 2.21. The molecule has 0 heterocycles. The highest BCUT2D eigenvalue weighted by atomic mass is 35.5. The molecule has 1 aromatic carbocycles. The molecule has 0 unspecified atom stereocenters. The molecule has 126 valence electrons. The summed E-state index contributed by atoms with van der Waals surface area (Å²) in [6.45, 7) is 3.68. The number of rotatable bonds is 8. The Hall–Kier alpha value is -0.860. The van der Waals surface area contributed by atoms with Crippen molar-refractivity contribution in [3.63, 3.8) is 0 Å². The van der Waals surface area contributed by atoms with Gasteiger partial charge in [-0.25, -0.2) is 17.9 Å². The first-order valence-electron chi connectivity index (χ1n) is 6.50. The molecule has 0 amide bonds. The van der Waals surface area contributed by atoms with Gasteiger partial charge in [0, 0.05) is 13.1 Å². The van der Waals surface area contributed by atoms with E-state index in [9.17, 15) is 13.2 Å². The molecule has 1 rings (SSSR count). The number of methoxy groups -OCH3 is 1. The summed E-state index contributed by atoms with van der Waals surface area (Å²) in [5, 5.41) is 3.12. The van der Waals surface area contributed by atoms with Gasteiger partial charge < -0.3 is 10.1 Å². The van der Waals surface area contributed by atoms with Crippen LogP contribution < -0.4 is 10.0 Å². The first-order valence-corrected chi connectivity index (χ1v) is 8.36. The number of nitrogens with one attached hydrogen (secondary N) is 2. The Morgan fingerprint density at radius 1 is 1.27 bits per heavy atom. The molecule has 9 heteroatoms. The molecule has 0 fully saturated rings. The van der Waals surface area contributed by atoms with Gasteiger partial charge in [0.2, 0.25) is 10.0 Å². The molecule has 0 saturated heterocycles. The lowest BCUT2D eigenvalue weighted by molar-refractivity contribution is 0.0601. The third-order valence-electron chi connectivity index (χ3n) is 2.68. The van der Waals surface area contributed by atoms with Gasteiger partial charge in [-0.3, -0.25) is 0 Å². The van der Waals surface area contributed by atoms with E-state index in [-0.39, 0.29) is 34.4 Å². The summed E-state index contributed by atoms with van der Waals surface area (Å²) in [6.07, 6.45) is 0.983. The third-order valence-corrected chi connectivity index (χ3v) is 4.45. The number of carbonyl (C=O) groups is 1. The molecule has 0 aromatic heterocycles. The van der Waals surface area contributed by atoms with Crippen LogP contribution in [0.3, 0.4) is 0 Å². The van der Waals surface area contributed by atoms with Crippen LogP contribution in [0.4, 0.5) is 0 Å². The zero-order valence-electron chi connectivity index (χ0n) is 12.4. The summed E-state index contributed by atoms with van der Waals surface area (Å²) in [5.74, 6) is -0.610. The SMILES string of the molecule is CCCNCCNS(=O)(=O)c1ccc(C(=O)OC)c(Cl)c1.Cl. The number of halogens is 2. The molecule has 0 atom stereocenters. The Kier molecular flexibility index (Phi) is 9.63. The van der Waals surface area contributed by atoms with Crippen LogP contribution in [0.25, 0.3) is 0 Å². The van der Waals surface area contributed by atoms with Gasteiger partial charge >= 0.3 is 5.97 Å². The topological polar surface area (TPSA) is 84.5 Å². The highest BCUT2D eigenvalue weighted by molar-refractivity contribution is 7.89. The maximum atomic E-state index is 12.1. The zero-order chi connectivity index (χ0) is 15.9. The number of sulfonamides is 1. The average Bonchev–Trinajstić information content (AvgIpc) is 2.46. The van der Waals surface area contributed by atoms with Gasteiger partial charge in [-0.05, 0) is 31.2 Å². The summed E-state index contributed by atoms with van der Waals surface area (Å²) in [6, 6.07) is 3.88. The molecule has 0 saturated carbocycles. The quantitative estimate of drug-likeness (QED) is 0.538. The lowest BCUT2D eigenvalue weighted by Gasteiger charge is -2.09. The van der Waals surface area contributed by atoms with E-state index in [1.54, 1.807) is 0 Å². The minimum atomic E-state index is -3.65. The molecule has 0 radical (unpaired) electrons. The minimum absolute atomic E-state index is 0. The average molecular weight is 371 g/mol. The Labute approximate surface area is 142 Å². The van der Waals surface area contributed by atoms with Crippen LogP contribution in [0.1, 0.15) is 23.7 Å². The summed E-state index contributed by atoms with van der Waals surface area (Å²) < 4.78 is 31.1. The number of ether oxygens (including phenoxy) is 1. The van der Waals surface area contributed by atoms with Crippen molar-refractivity contribution in [3.8, 4) is 0 Å². The molecular weight excluding hydrogens is 351 g/mol. The van der Waals surface area contributed by atoms with Crippen molar-refractivity contribution in [1.82, 2.24) is 10.0 Å². The van der Waals surface area contributed by atoms with Crippen LogP contribution in [-0.4, -0.2) is 41.1 Å². The predicted octanol–water partition coefficient (Wildman–Crippen LogP) is 1.83. The largest absolute Gasteiger partial charge is 0.465 e. The van der Waals surface area contributed by atoms with Crippen LogP contribution in [-0.2, 0) is 14.8 Å². The number of hydrogen-bond donors (Lipinski definition) is 2. The zero-order valence-corrected chi connectivity index (χ0v) is 14.8. The number of hydrogen-bond acceptors (Lipinski definition) is 5. The van der Waals surface area contributed by atoms with Gasteiger partial charge in [-0.2, -0.15) is 0 Å². The van der Waals surface area contributed by atoms with Crippen molar-refractivity contribution < 1.29 is 17.9 Å². The maximum absolute atomic E-state index is 12.1. The lowest BCUT2D eigenvalue weighted by atomic mass is 10.2. The molecule has 2 N–H and O–H groups in total. The normalized spacial score (nSPS) is 10.9. The van der Waals surface area contributed by atoms with Gasteiger partial charge in [0.15, 0.2) is 0 Å². The Bertz CT molecular complexity index is 594. The lowest BCUT2D eigenvalue weighted by Crippen LogP contribution is -2.32. The standard InChI is InChI=1S/C13H19ClN2O4S.ClH/c1-3-6-15-7-8-16-21(18,19)10-4-5-11(12(14)9-10)13(17)20-2;/h4-5,9,15-16H,3,6-8H2,1-2H3;1H. The Morgan fingerprint density at radius 3 is 2.50 bits per heavy atom. The van der Waals surface area contributed by atoms with E-state index in [2.05, 4.69) is 14.8 Å². The highest BCUT2D eigenvalue weighted by Gasteiger charge is 2.17.